The minimum Gasteiger partial charge on any atom is -0.482 e. The molecule has 94 valence electrons. The Labute approximate surface area is 98.0 Å². The molecule has 0 radical (unpaired) electrons. The van der Waals surface area contributed by atoms with Crippen molar-refractivity contribution in [1.82, 2.24) is 0 Å². The molecule has 2 rings (SSSR count). The van der Waals surface area contributed by atoms with Gasteiger partial charge in [-0.25, -0.2) is 8.78 Å². The lowest BCUT2D eigenvalue weighted by atomic mass is 10.1. The van der Waals surface area contributed by atoms with Crippen LogP contribution in [-0.4, -0.2) is 24.4 Å². The van der Waals surface area contributed by atoms with Gasteiger partial charge in [0, 0.05) is 6.61 Å². The van der Waals surface area contributed by atoms with Crippen LogP contribution >= 0.6 is 0 Å². The van der Waals surface area contributed by atoms with Gasteiger partial charge in [0.25, 0.3) is 0 Å². The lowest BCUT2D eigenvalue weighted by Crippen LogP contribution is -2.28. The Hall–Kier alpha value is -1.20. The van der Waals surface area contributed by atoms with E-state index in [4.69, 9.17) is 14.6 Å². The van der Waals surface area contributed by atoms with E-state index in [1.54, 1.807) is 0 Å². The van der Waals surface area contributed by atoms with Crippen molar-refractivity contribution >= 4 is 0 Å². The van der Waals surface area contributed by atoms with E-state index in [2.05, 4.69) is 0 Å². The van der Waals surface area contributed by atoms with Gasteiger partial charge >= 0.3 is 0 Å². The maximum absolute atomic E-state index is 13.5. The Balaban J connectivity index is 2.14. The molecule has 0 aliphatic carbocycles. The molecule has 1 heterocycles. The van der Waals surface area contributed by atoms with Gasteiger partial charge < -0.3 is 14.6 Å². The summed E-state index contributed by atoms with van der Waals surface area (Å²) in [6.45, 7) is 0.607. The monoisotopic (exact) mass is 244 g/mol. The van der Waals surface area contributed by atoms with Crippen molar-refractivity contribution in [1.29, 1.82) is 0 Å². The number of aliphatic hydroxyl groups is 1. The average Bonchev–Trinajstić information content (AvgIpc) is 2.35. The van der Waals surface area contributed by atoms with Crippen LogP contribution in [-0.2, 0) is 11.3 Å². The lowest BCUT2D eigenvalue weighted by Gasteiger charge is -2.23. The van der Waals surface area contributed by atoms with Crippen molar-refractivity contribution in [3.63, 3.8) is 0 Å². The van der Waals surface area contributed by atoms with Crippen molar-refractivity contribution < 1.29 is 23.4 Å². The van der Waals surface area contributed by atoms with E-state index in [1.807, 2.05) is 0 Å². The van der Waals surface area contributed by atoms with Crippen molar-refractivity contribution in [3.8, 4) is 5.75 Å². The Bertz CT molecular complexity index is 366. The molecule has 1 aromatic carbocycles. The number of aliphatic hydroxyl groups excluding tert-OH is 1. The van der Waals surface area contributed by atoms with Gasteiger partial charge in [-0.05, 0) is 30.5 Å². The highest BCUT2D eigenvalue weighted by Gasteiger charge is 2.20. The van der Waals surface area contributed by atoms with Gasteiger partial charge in [0.15, 0.2) is 17.4 Å². The molecule has 3 nitrogen and oxygen atoms in total. The van der Waals surface area contributed by atoms with Gasteiger partial charge in [-0.1, -0.05) is 0 Å². The molecule has 1 saturated heterocycles. The molecule has 17 heavy (non-hydrogen) atoms. The first-order chi connectivity index (χ1) is 8.20. The molecular formula is C12H14F2O3. The molecule has 0 bridgehead atoms. The van der Waals surface area contributed by atoms with E-state index < -0.39 is 24.0 Å². The van der Waals surface area contributed by atoms with Crippen molar-refractivity contribution in [2.75, 3.05) is 13.2 Å². The zero-order chi connectivity index (χ0) is 12.3. The Kier molecular flexibility index (Phi) is 3.91. The van der Waals surface area contributed by atoms with E-state index in [9.17, 15) is 8.78 Å². The molecule has 0 amide bonds. The lowest BCUT2D eigenvalue weighted by molar-refractivity contribution is 0.00416. The van der Waals surface area contributed by atoms with Gasteiger partial charge in [-0.3, -0.25) is 0 Å². The van der Waals surface area contributed by atoms with Crippen LogP contribution in [0.25, 0.3) is 0 Å². The third-order valence-corrected chi connectivity index (χ3v) is 2.64. The average molecular weight is 244 g/mol. The second-order valence-electron chi connectivity index (χ2n) is 4.00. The van der Waals surface area contributed by atoms with Crippen molar-refractivity contribution in [2.45, 2.75) is 25.6 Å². The fourth-order valence-corrected chi connectivity index (χ4v) is 1.79. The molecule has 1 unspecified atom stereocenters. The molecule has 0 aromatic heterocycles. The third kappa shape index (κ3) is 2.92. The summed E-state index contributed by atoms with van der Waals surface area (Å²) < 4.78 is 37.5. The molecule has 1 atom stereocenters. The molecule has 1 aliphatic rings. The van der Waals surface area contributed by atoms with E-state index in [0.29, 0.717) is 13.2 Å². The first kappa shape index (κ1) is 12.3. The van der Waals surface area contributed by atoms with Gasteiger partial charge in [0.2, 0.25) is 0 Å². The summed E-state index contributed by atoms with van der Waals surface area (Å²) in [5.74, 6) is -1.98. The van der Waals surface area contributed by atoms with Crippen LogP contribution in [0.4, 0.5) is 8.78 Å². The van der Waals surface area contributed by atoms with Crippen LogP contribution in [0, 0.1) is 11.6 Å². The van der Waals surface area contributed by atoms with Crippen LogP contribution in [0.15, 0.2) is 12.1 Å². The minimum absolute atomic E-state index is 0.187. The summed E-state index contributed by atoms with van der Waals surface area (Å²) in [6.07, 6.45) is 1.23. The van der Waals surface area contributed by atoms with Crippen LogP contribution in [0.1, 0.15) is 18.4 Å². The standard InChI is InChI=1S/C12H14F2O3/c13-10-4-8(6-15)5-11(14)12(10)17-9-2-1-3-16-7-9/h4-5,9,15H,1-3,6-7H2. The van der Waals surface area contributed by atoms with Gasteiger partial charge in [-0.2, -0.15) is 0 Å². The predicted molar refractivity (Wildman–Crippen MR) is 56.7 cm³/mol. The van der Waals surface area contributed by atoms with Crippen LogP contribution in [0.5, 0.6) is 5.75 Å². The number of benzene rings is 1. The highest BCUT2D eigenvalue weighted by molar-refractivity contribution is 5.31. The zero-order valence-electron chi connectivity index (χ0n) is 9.29. The SMILES string of the molecule is OCc1cc(F)c(OC2CCCOC2)c(F)c1. The molecule has 1 aromatic rings. The van der Waals surface area contributed by atoms with E-state index >= 15 is 0 Å². The number of ether oxygens (including phenoxy) is 2. The number of halogens is 2. The second-order valence-corrected chi connectivity index (χ2v) is 4.00. The molecule has 0 spiro atoms. The smallest absolute Gasteiger partial charge is 0.191 e. The predicted octanol–water partition coefficient (Wildman–Crippen LogP) is 2.01. The van der Waals surface area contributed by atoms with Crippen LogP contribution in [0.2, 0.25) is 0 Å². The molecule has 1 N–H and O–H groups in total. The molecular weight excluding hydrogens is 230 g/mol. The van der Waals surface area contributed by atoms with Crippen LogP contribution in [0.3, 0.4) is 0 Å². The van der Waals surface area contributed by atoms with Crippen LogP contribution < -0.4 is 4.74 Å². The number of rotatable bonds is 3. The van der Waals surface area contributed by atoms with E-state index in [0.717, 1.165) is 25.0 Å². The Morgan fingerprint density at radius 3 is 2.59 bits per heavy atom. The van der Waals surface area contributed by atoms with Crippen molar-refractivity contribution in [3.05, 3.63) is 29.3 Å². The summed E-state index contributed by atoms with van der Waals surface area (Å²) in [4.78, 5) is 0. The minimum atomic E-state index is -0.792. The highest BCUT2D eigenvalue weighted by atomic mass is 19.1. The summed E-state index contributed by atoms with van der Waals surface area (Å²) in [5.41, 5.74) is 0.187. The maximum Gasteiger partial charge on any atom is 0.191 e. The normalized spacial score (nSPS) is 20.3. The quantitative estimate of drug-likeness (QED) is 0.884. The first-order valence-corrected chi connectivity index (χ1v) is 5.54. The second kappa shape index (κ2) is 5.42. The molecule has 5 heteroatoms. The van der Waals surface area contributed by atoms with Gasteiger partial charge in [0.05, 0.1) is 13.2 Å². The fraction of sp³-hybridized carbons (Fsp3) is 0.500. The van der Waals surface area contributed by atoms with E-state index in [-0.39, 0.29) is 11.7 Å². The highest BCUT2D eigenvalue weighted by Crippen LogP contribution is 2.26. The molecule has 1 fully saturated rings. The summed E-state index contributed by atoms with van der Waals surface area (Å²) >= 11 is 0. The van der Waals surface area contributed by atoms with Gasteiger partial charge in [-0.15, -0.1) is 0 Å². The first-order valence-electron chi connectivity index (χ1n) is 5.54. The Morgan fingerprint density at radius 1 is 1.35 bits per heavy atom. The van der Waals surface area contributed by atoms with Gasteiger partial charge in [0.1, 0.15) is 6.10 Å². The molecule has 0 saturated carbocycles. The van der Waals surface area contributed by atoms with Crippen molar-refractivity contribution in [2.24, 2.45) is 0 Å². The molecule has 1 aliphatic heterocycles. The number of hydrogen-bond acceptors (Lipinski definition) is 3. The Morgan fingerprint density at radius 2 is 2.06 bits per heavy atom. The summed E-state index contributed by atoms with van der Waals surface area (Å²) in [7, 11) is 0. The largest absolute Gasteiger partial charge is 0.482 e. The topological polar surface area (TPSA) is 38.7 Å². The van der Waals surface area contributed by atoms with E-state index in [1.165, 1.54) is 0 Å². The summed E-state index contributed by atoms with van der Waals surface area (Å²) in [6, 6.07) is 2.14. The zero-order valence-corrected chi connectivity index (χ0v) is 9.29. The third-order valence-electron chi connectivity index (χ3n) is 2.64. The number of hydrogen-bond donors (Lipinski definition) is 1. The fourth-order valence-electron chi connectivity index (χ4n) is 1.79. The maximum atomic E-state index is 13.5. The summed E-state index contributed by atoms with van der Waals surface area (Å²) in [5, 5.41) is 8.80.